The smallest absolute Gasteiger partial charge is 0.419 e. The molecule has 0 aliphatic rings. The molecule has 0 radical (unpaired) electrons. The van der Waals surface area contributed by atoms with E-state index in [0.717, 1.165) is 13.2 Å². The van der Waals surface area contributed by atoms with Crippen LogP contribution in [0, 0.1) is 5.82 Å². The highest BCUT2D eigenvalue weighted by molar-refractivity contribution is 6.74. The Hall–Kier alpha value is -5.01. The number of alkyl halides is 3. The number of esters is 1. The molecular weight excluding hydrogens is 745 g/mol. The Bertz CT molecular complexity index is 2050. The van der Waals surface area contributed by atoms with E-state index in [4.69, 9.17) is 13.9 Å². The zero-order chi connectivity index (χ0) is 41.6. The molecule has 0 aliphatic carbocycles. The molecule has 1 N–H and O–H groups in total. The van der Waals surface area contributed by atoms with Crippen molar-refractivity contribution < 1.29 is 45.8 Å². The first-order valence-corrected chi connectivity index (χ1v) is 21.2. The second-order valence-electron chi connectivity index (χ2n) is 15.3. The minimum absolute atomic E-state index is 0.118. The molecule has 0 fully saturated rings. The van der Waals surface area contributed by atoms with Crippen LogP contribution in [-0.2, 0) is 31.5 Å². The molecule has 1 atom stereocenters. The summed E-state index contributed by atoms with van der Waals surface area (Å²) in [5.41, 5.74) is 2.08. The van der Waals surface area contributed by atoms with E-state index >= 15 is 0 Å². The number of aromatic nitrogens is 1. The van der Waals surface area contributed by atoms with Crippen LogP contribution in [0.5, 0.6) is 5.75 Å². The minimum atomic E-state index is -4.68. The molecule has 13 heteroatoms. The van der Waals surface area contributed by atoms with Crippen LogP contribution in [0.3, 0.4) is 0 Å². The molecule has 1 aromatic heterocycles. The molecule has 0 bridgehead atoms. The third-order valence-electron chi connectivity index (χ3n) is 9.94. The zero-order valence-electron chi connectivity index (χ0n) is 33.3. The molecule has 1 amide bonds. The highest BCUT2D eigenvalue weighted by atomic mass is 28.4. The average Bonchev–Trinajstić information content (AvgIpc) is 3.48. The summed E-state index contributed by atoms with van der Waals surface area (Å²) in [6.45, 7) is 13.7. The van der Waals surface area contributed by atoms with E-state index in [0.29, 0.717) is 27.9 Å². The SMILES string of the molecule is COC(=O)C[C@@H](CC(=O)/C=C/c1c(-c2ccc(F)cc2)c(-c2ccccc2)c(C(=O)NCc2ccc(OC)c(C(F)(F)F)c2)n1C(C)C)O[Si](C)(C)C(C)(C)C. The predicted octanol–water partition coefficient (Wildman–Crippen LogP) is 10.4. The summed E-state index contributed by atoms with van der Waals surface area (Å²) < 4.78 is 73.9. The Morgan fingerprint density at radius 2 is 1.50 bits per heavy atom. The number of carbonyl (C=O) groups excluding carboxylic acids is 3. The lowest BCUT2D eigenvalue weighted by Gasteiger charge is -2.39. The number of nitrogens with zero attached hydrogens (tertiary/aromatic N) is 1. The summed E-state index contributed by atoms with van der Waals surface area (Å²) in [5, 5.41) is 2.62. The first-order valence-electron chi connectivity index (χ1n) is 18.3. The average molecular weight is 795 g/mol. The standard InChI is InChI=1S/C43H50F4N2O6Si/c1-27(2)49-35(21-20-32(50)24-33(25-37(51)54-7)55-56(8,9)42(3,4)5)38(30-16-18-31(44)19-17-30)39(29-13-11-10-12-14-29)40(49)41(52)48-26-28-15-22-36(53-6)34(23-28)43(45,46)47/h10-23,27,33H,24-26H2,1-9H3,(H,48,52)/b21-20+/t33-/m1/s1. The van der Waals surface area contributed by atoms with Crippen LogP contribution < -0.4 is 10.1 Å². The fourth-order valence-corrected chi connectivity index (χ4v) is 7.51. The van der Waals surface area contributed by atoms with E-state index < -0.39 is 43.9 Å². The maximum atomic E-state index is 14.4. The van der Waals surface area contributed by atoms with Crippen molar-refractivity contribution >= 4 is 32.1 Å². The van der Waals surface area contributed by atoms with Crippen LogP contribution in [0.1, 0.15) is 80.8 Å². The van der Waals surface area contributed by atoms with Crippen molar-refractivity contribution in [3.05, 3.63) is 107 Å². The van der Waals surface area contributed by atoms with Gasteiger partial charge in [-0.05, 0) is 85.1 Å². The quantitative estimate of drug-likeness (QED) is 0.0557. The van der Waals surface area contributed by atoms with Gasteiger partial charge in [0.1, 0.15) is 17.3 Å². The number of ether oxygens (including phenoxy) is 2. The number of hydrogen-bond donors (Lipinski definition) is 1. The third kappa shape index (κ3) is 10.4. The van der Waals surface area contributed by atoms with Gasteiger partial charge in [-0.1, -0.05) is 69.3 Å². The van der Waals surface area contributed by atoms with Crippen molar-refractivity contribution in [2.75, 3.05) is 14.2 Å². The summed E-state index contributed by atoms with van der Waals surface area (Å²) >= 11 is 0. The van der Waals surface area contributed by atoms with Gasteiger partial charge in [0.05, 0.1) is 38.0 Å². The van der Waals surface area contributed by atoms with Crippen molar-refractivity contribution in [2.24, 2.45) is 0 Å². The van der Waals surface area contributed by atoms with Crippen molar-refractivity contribution in [2.45, 2.75) is 90.5 Å². The largest absolute Gasteiger partial charge is 0.496 e. The van der Waals surface area contributed by atoms with Gasteiger partial charge in [0.15, 0.2) is 14.1 Å². The molecule has 56 heavy (non-hydrogen) atoms. The molecule has 0 unspecified atom stereocenters. The first-order chi connectivity index (χ1) is 26.2. The van der Waals surface area contributed by atoms with Gasteiger partial charge in [0, 0.05) is 30.1 Å². The zero-order valence-corrected chi connectivity index (χ0v) is 34.3. The molecule has 3 aromatic carbocycles. The maximum Gasteiger partial charge on any atom is 0.419 e. The predicted molar refractivity (Wildman–Crippen MR) is 212 cm³/mol. The van der Waals surface area contributed by atoms with E-state index in [2.05, 4.69) is 26.1 Å². The van der Waals surface area contributed by atoms with Crippen LogP contribution >= 0.6 is 0 Å². The van der Waals surface area contributed by atoms with E-state index in [9.17, 15) is 31.9 Å². The molecule has 300 valence electrons. The number of hydrogen-bond acceptors (Lipinski definition) is 6. The van der Waals surface area contributed by atoms with Crippen LogP contribution in [-0.4, -0.2) is 50.9 Å². The van der Waals surface area contributed by atoms with Gasteiger partial charge in [-0.2, -0.15) is 13.2 Å². The molecule has 4 aromatic rings. The molecular formula is C43H50F4N2O6Si. The number of amides is 1. The Balaban J connectivity index is 1.88. The fraction of sp³-hybridized carbons (Fsp3) is 0.372. The number of methoxy groups -OCH3 is 2. The van der Waals surface area contributed by atoms with Gasteiger partial charge < -0.3 is 23.8 Å². The van der Waals surface area contributed by atoms with Gasteiger partial charge in [0.25, 0.3) is 5.91 Å². The van der Waals surface area contributed by atoms with Crippen molar-refractivity contribution in [1.29, 1.82) is 0 Å². The minimum Gasteiger partial charge on any atom is -0.496 e. The summed E-state index contributed by atoms with van der Waals surface area (Å²) in [4.78, 5) is 40.6. The van der Waals surface area contributed by atoms with Crippen molar-refractivity contribution in [3.8, 4) is 28.0 Å². The number of allylic oxidation sites excluding steroid dienone is 1. The van der Waals surface area contributed by atoms with Crippen LogP contribution in [0.25, 0.3) is 28.3 Å². The van der Waals surface area contributed by atoms with E-state index in [1.165, 1.54) is 37.5 Å². The number of benzene rings is 3. The summed E-state index contributed by atoms with van der Waals surface area (Å²) in [6, 6.07) is 18.0. The Kier molecular flexibility index (Phi) is 13.9. The fourth-order valence-electron chi connectivity index (χ4n) is 6.16. The maximum absolute atomic E-state index is 14.4. The van der Waals surface area contributed by atoms with E-state index in [1.54, 1.807) is 34.9 Å². The lowest BCUT2D eigenvalue weighted by Crippen LogP contribution is -2.44. The molecule has 0 saturated carbocycles. The molecule has 0 aliphatic heterocycles. The summed E-state index contributed by atoms with van der Waals surface area (Å²) in [6.07, 6.45) is -2.68. The van der Waals surface area contributed by atoms with E-state index in [-0.39, 0.29) is 53.3 Å². The van der Waals surface area contributed by atoms with Gasteiger partial charge in [0.2, 0.25) is 0 Å². The Labute approximate surface area is 327 Å². The number of rotatable bonds is 15. The first kappa shape index (κ1) is 43.7. The summed E-state index contributed by atoms with van der Waals surface area (Å²) in [7, 11) is 0.0169. The van der Waals surface area contributed by atoms with Gasteiger partial charge >= 0.3 is 12.1 Å². The van der Waals surface area contributed by atoms with Crippen LogP contribution in [0.4, 0.5) is 17.6 Å². The second-order valence-corrected chi connectivity index (χ2v) is 20.1. The van der Waals surface area contributed by atoms with Gasteiger partial charge in [-0.15, -0.1) is 0 Å². The lowest BCUT2D eigenvalue weighted by molar-refractivity contribution is -0.143. The van der Waals surface area contributed by atoms with E-state index in [1.807, 2.05) is 45.1 Å². The Morgan fingerprint density at radius 3 is 2.05 bits per heavy atom. The molecule has 0 saturated heterocycles. The normalized spacial score (nSPS) is 12.9. The van der Waals surface area contributed by atoms with Crippen molar-refractivity contribution in [1.82, 2.24) is 9.88 Å². The molecule has 1 heterocycles. The topological polar surface area (TPSA) is 95.9 Å². The summed E-state index contributed by atoms with van der Waals surface area (Å²) in [5.74, 6) is -2.25. The van der Waals surface area contributed by atoms with Gasteiger partial charge in [-0.3, -0.25) is 14.4 Å². The van der Waals surface area contributed by atoms with Crippen LogP contribution in [0.15, 0.2) is 78.9 Å². The number of carbonyl (C=O) groups is 3. The number of ketones is 1. The number of nitrogens with one attached hydrogen (secondary N) is 1. The molecule has 8 nitrogen and oxygen atoms in total. The van der Waals surface area contributed by atoms with Crippen molar-refractivity contribution in [3.63, 3.8) is 0 Å². The second kappa shape index (κ2) is 17.8. The third-order valence-corrected chi connectivity index (χ3v) is 14.5. The van der Waals surface area contributed by atoms with Crippen LogP contribution in [0.2, 0.25) is 18.1 Å². The molecule has 4 rings (SSSR count). The highest BCUT2D eigenvalue weighted by Gasteiger charge is 2.40. The monoisotopic (exact) mass is 794 g/mol. The lowest BCUT2D eigenvalue weighted by atomic mass is 9.94. The Morgan fingerprint density at radius 1 is 0.875 bits per heavy atom. The van der Waals surface area contributed by atoms with Gasteiger partial charge in [-0.25, -0.2) is 4.39 Å². The number of halogens is 4. The highest BCUT2D eigenvalue weighted by Crippen LogP contribution is 2.43. The molecule has 0 spiro atoms.